The van der Waals surface area contributed by atoms with E-state index >= 15 is 0 Å². The van der Waals surface area contributed by atoms with Crippen LogP contribution in [0.1, 0.15) is 33.1 Å². The van der Waals surface area contributed by atoms with E-state index in [-0.39, 0.29) is 0 Å². The highest BCUT2D eigenvalue weighted by Gasteiger charge is 2.29. The summed E-state index contributed by atoms with van der Waals surface area (Å²) in [5.41, 5.74) is 5.91. The van der Waals surface area contributed by atoms with Crippen LogP contribution in [0.2, 0.25) is 0 Å². The summed E-state index contributed by atoms with van der Waals surface area (Å²) in [7, 11) is 1.77. The molecule has 3 nitrogen and oxygen atoms in total. The average molecular weight is 228 g/mol. The predicted molar refractivity (Wildman–Crippen MR) is 68.5 cm³/mol. The monoisotopic (exact) mass is 228 g/mol. The quantitative estimate of drug-likeness (QED) is 0.721. The first-order valence-electron chi connectivity index (χ1n) is 6.65. The molecule has 2 N–H and O–H groups in total. The molecule has 16 heavy (non-hydrogen) atoms. The minimum absolute atomic E-state index is 0.502. The summed E-state index contributed by atoms with van der Waals surface area (Å²) in [5, 5.41) is 0. The van der Waals surface area contributed by atoms with E-state index in [1.54, 1.807) is 7.11 Å². The van der Waals surface area contributed by atoms with Crippen LogP contribution in [0.5, 0.6) is 0 Å². The molecule has 0 saturated carbocycles. The molecule has 0 aromatic carbocycles. The first-order valence-corrected chi connectivity index (χ1v) is 6.65. The van der Waals surface area contributed by atoms with E-state index in [1.807, 2.05) is 0 Å². The van der Waals surface area contributed by atoms with E-state index < -0.39 is 0 Å². The van der Waals surface area contributed by atoms with Gasteiger partial charge in [0.1, 0.15) is 0 Å². The number of ether oxygens (including phenoxy) is 1. The zero-order chi connectivity index (χ0) is 12.0. The average Bonchev–Trinajstić information content (AvgIpc) is 2.68. The molecule has 0 amide bonds. The fraction of sp³-hybridized carbons (Fsp3) is 1.00. The number of nitrogens with two attached hydrogens (primary N) is 1. The second-order valence-electron chi connectivity index (χ2n) is 5.17. The predicted octanol–water partition coefficient (Wildman–Crippen LogP) is 1.72. The van der Waals surface area contributed by atoms with Gasteiger partial charge in [-0.1, -0.05) is 20.3 Å². The zero-order valence-electron chi connectivity index (χ0n) is 11.1. The number of rotatable bonds is 7. The summed E-state index contributed by atoms with van der Waals surface area (Å²) in [6, 6.07) is 0.502. The summed E-state index contributed by atoms with van der Waals surface area (Å²) in [6.07, 6.45) is 4.02. The van der Waals surface area contributed by atoms with E-state index in [4.69, 9.17) is 10.5 Å². The van der Waals surface area contributed by atoms with Gasteiger partial charge in [-0.15, -0.1) is 0 Å². The van der Waals surface area contributed by atoms with Gasteiger partial charge in [0.05, 0.1) is 6.61 Å². The Balaban J connectivity index is 2.42. The van der Waals surface area contributed by atoms with E-state index in [1.165, 1.54) is 32.4 Å². The normalized spacial score (nSPS) is 25.9. The van der Waals surface area contributed by atoms with Crippen LogP contribution in [0.4, 0.5) is 0 Å². The van der Waals surface area contributed by atoms with Gasteiger partial charge in [0, 0.05) is 26.2 Å². The van der Waals surface area contributed by atoms with Crippen molar-refractivity contribution in [3.05, 3.63) is 0 Å². The van der Waals surface area contributed by atoms with E-state index in [2.05, 4.69) is 18.7 Å². The smallest absolute Gasteiger partial charge is 0.0503 e. The molecule has 1 fully saturated rings. The number of hydrogen-bond donors (Lipinski definition) is 1. The summed E-state index contributed by atoms with van der Waals surface area (Å²) < 4.78 is 5.24. The first kappa shape index (κ1) is 13.9. The molecular weight excluding hydrogens is 200 g/mol. The Labute approximate surface area is 100 Å². The Morgan fingerprint density at radius 1 is 1.50 bits per heavy atom. The van der Waals surface area contributed by atoms with Gasteiger partial charge in [0.15, 0.2) is 0 Å². The summed E-state index contributed by atoms with van der Waals surface area (Å²) in [6.45, 7) is 8.55. The third-order valence-corrected chi connectivity index (χ3v) is 3.81. The van der Waals surface area contributed by atoms with Crippen LogP contribution in [-0.4, -0.2) is 44.3 Å². The Morgan fingerprint density at radius 3 is 2.81 bits per heavy atom. The third-order valence-electron chi connectivity index (χ3n) is 3.81. The molecule has 0 radical (unpaired) electrons. The van der Waals surface area contributed by atoms with E-state index in [0.29, 0.717) is 12.0 Å². The Morgan fingerprint density at radius 2 is 2.25 bits per heavy atom. The molecule has 96 valence electrons. The van der Waals surface area contributed by atoms with Crippen molar-refractivity contribution in [2.75, 3.05) is 33.4 Å². The van der Waals surface area contributed by atoms with Crippen LogP contribution in [0, 0.1) is 11.8 Å². The lowest BCUT2D eigenvalue weighted by Gasteiger charge is -2.31. The van der Waals surface area contributed by atoms with Crippen LogP contribution < -0.4 is 5.73 Å². The molecule has 0 spiro atoms. The van der Waals surface area contributed by atoms with Gasteiger partial charge in [-0.3, -0.25) is 4.90 Å². The van der Waals surface area contributed by atoms with Crippen LogP contribution in [0.3, 0.4) is 0 Å². The van der Waals surface area contributed by atoms with Gasteiger partial charge < -0.3 is 10.5 Å². The summed E-state index contributed by atoms with van der Waals surface area (Å²) >= 11 is 0. The molecule has 0 aromatic rings. The van der Waals surface area contributed by atoms with Crippen LogP contribution >= 0.6 is 0 Å². The first-order chi connectivity index (χ1) is 7.72. The largest absolute Gasteiger partial charge is 0.384 e. The van der Waals surface area contributed by atoms with Crippen LogP contribution in [-0.2, 0) is 4.74 Å². The molecule has 3 heteroatoms. The van der Waals surface area contributed by atoms with E-state index in [0.717, 1.165) is 19.1 Å². The number of likely N-dealkylation sites (tertiary alicyclic amines) is 1. The molecule has 1 heterocycles. The second-order valence-corrected chi connectivity index (χ2v) is 5.17. The van der Waals surface area contributed by atoms with Crippen molar-refractivity contribution in [1.82, 2.24) is 4.90 Å². The van der Waals surface area contributed by atoms with Crippen molar-refractivity contribution in [2.45, 2.75) is 39.2 Å². The lowest BCUT2D eigenvalue weighted by molar-refractivity contribution is 0.0956. The maximum Gasteiger partial charge on any atom is 0.0503 e. The summed E-state index contributed by atoms with van der Waals surface area (Å²) in [4.78, 5) is 2.57. The highest BCUT2D eigenvalue weighted by molar-refractivity contribution is 4.84. The van der Waals surface area contributed by atoms with Crippen molar-refractivity contribution >= 4 is 0 Å². The van der Waals surface area contributed by atoms with E-state index in [9.17, 15) is 0 Å². The Bertz CT molecular complexity index is 187. The molecule has 0 aliphatic carbocycles. The molecule has 1 aliphatic rings. The molecule has 0 aromatic heterocycles. The Kier molecular flexibility index (Phi) is 6.32. The van der Waals surface area contributed by atoms with Gasteiger partial charge in [-0.25, -0.2) is 0 Å². The van der Waals surface area contributed by atoms with Gasteiger partial charge >= 0.3 is 0 Å². The molecule has 1 rings (SSSR count). The third kappa shape index (κ3) is 3.72. The van der Waals surface area contributed by atoms with Crippen molar-refractivity contribution in [3.63, 3.8) is 0 Å². The SMILES string of the molecule is CCCC1CCN(C(CN)C(C)COC)C1. The van der Waals surface area contributed by atoms with Gasteiger partial charge in [0.2, 0.25) is 0 Å². The maximum atomic E-state index is 5.91. The molecule has 0 bridgehead atoms. The van der Waals surface area contributed by atoms with Gasteiger partial charge in [-0.05, 0) is 31.2 Å². The highest BCUT2D eigenvalue weighted by atomic mass is 16.5. The minimum atomic E-state index is 0.502. The van der Waals surface area contributed by atoms with Crippen molar-refractivity contribution < 1.29 is 4.74 Å². The fourth-order valence-electron chi connectivity index (χ4n) is 2.92. The van der Waals surface area contributed by atoms with Gasteiger partial charge in [0.25, 0.3) is 0 Å². The fourth-order valence-corrected chi connectivity index (χ4v) is 2.92. The standard InChI is InChI=1S/C13H28N2O/c1-4-5-12-6-7-15(9-12)13(8-14)11(2)10-16-3/h11-13H,4-10,14H2,1-3H3. The lowest BCUT2D eigenvalue weighted by atomic mass is 10.0. The Hall–Kier alpha value is -0.120. The number of hydrogen-bond acceptors (Lipinski definition) is 3. The maximum absolute atomic E-state index is 5.91. The highest BCUT2D eigenvalue weighted by Crippen LogP contribution is 2.24. The minimum Gasteiger partial charge on any atom is -0.384 e. The zero-order valence-corrected chi connectivity index (χ0v) is 11.1. The van der Waals surface area contributed by atoms with Crippen molar-refractivity contribution in [2.24, 2.45) is 17.6 Å². The molecule has 1 saturated heterocycles. The molecule has 3 unspecified atom stereocenters. The number of methoxy groups -OCH3 is 1. The topological polar surface area (TPSA) is 38.5 Å². The molecular formula is C13H28N2O. The van der Waals surface area contributed by atoms with Crippen LogP contribution in [0.25, 0.3) is 0 Å². The second kappa shape index (κ2) is 7.25. The van der Waals surface area contributed by atoms with Crippen LogP contribution in [0.15, 0.2) is 0 Å². The summed E-state index contributed by atoms with van der Waals surface area (Å²) in [5.74, 6) is 1.43. The number of nitrogens with zero attached hydrogens (tertiary/aromatic N) is 1. The van der Waals surface area contributed by atoms with Crippen molar-refractivity contribution in [1.29, 1.82) is 0 Å². The van der Waals surface area contributed by atoms with Gasteiger partial charge in [-0.2, -0.15) is 0 Å². The molecule has 1 aliphatic heterocycles. The lowest BCUT2D eigenvalue weighted by Crippen LogP contribution is -2.45. The van der Waals surface area contributed by atoms with Crippen molar-refractivity contribution in [3.8, 4) is 0 Å². The molecule has 3 atom stereocenters.